The van der Waals surface area contributed by atoms with Crippen LogP contribution in [0.4, 0.5) is 0 Å². The highest BCUT2D eigenvalue weighted by atomic mass is 16.3. The van der Waals surface area contributed by atoms with Gasteiger partial charge < -0.3 is 10.4 Å². The summed E-state index contributed by atoms with van der Waals surface area (Å²) in [5.41, 5.74) is 0.863. The minimum atomic E-state index is -0.461. The van der Waals surface area contributed by atoms with E-state index in [0.29, 0.717) is 0 Å². The summed E-state index contributed by atoms with van der Waals surface area (Å²) in [5.74, 6) is 0. The Hall–Kier alpha value is -1.38. The molecule has 0 radical (unpaired) electrons. The average Bonchev–Trinajstić information content (AvgIpc) is 2.46. The molecular formula is C17H21NO. The summed E-state index contributed by atoms with van der Waals surface area (Å²) in [6, 6.07) is 15.0. The Morgan fingerprint density at radius 1 is 1.00 bits per heavy atom. The van der Waals surface area contributed by atoms with Gasteiger partial charge in [0.05, 0.1) is 5.60 Å². The van der Waals surface area contributed by atoms with Crippen LogP contribution in [0.3, 0.4) is 0 Å². The maximum Gasteiger partial charge on any atom is 0.0675 e. The van der Waals surface area contributed by atoms with Crippen molar-refractivity contribution in [3.63, 3.8) is 0 Å². The Balaban J connectivity index is 1.71. The summed E-state index contributed by atoms with van der Waals surface area (Å²) in [6.07, 6.45) is 3.58. The molecule has 0 saturated carbocycles. The van der Waals surface area contributed by atoms with E-state index in [0.717, 1.165) is 38.8 Å². The van der Waals surface area contributed by atoms with Crippen LogP contribution in [0.5, 0.6) is 0 Å². The Morgan fingerprint density at radius 2 is 1.74 bits per heavy atom. The zero-order chi connectivity index (χ0) is 13.1. The third kappa shape index (κ3) is 2.96. The molecule has 0 unspecified atom stereocenters. The van der Waals surface area contributed by atoms with Crippen molar-refractivity contribution in [2.45, 2.75) is 31.3 Å². The van der Waals surface area contributed by atoms with Gasteiger partial charge in [-0.2, -0.15) is 0 Å². The third-order valence-electron chi connectivity index (χ3n) is 4.23. The van der Waals surface area contributed by atoms with Crippen molar-refractivity contribution in [3.05, 3.63) is 48.0 Å². The molecular weight excluding hydrogens is 234 g/mol. The summed E-state index contributed by atoms with van der Waals surface area (Å²) in [4.78, 5) is 0. The van der Waals surface area contributed by atoms with Gasteiger partial charge in [-0.3, -0.25) is 0 Å². The van der Waals surface area contributed by atoms with E-state index in [4.69, 9.17) is 0 Å². The van der Waals surface area contributed by atoms with Crippen LogP contribution in [0.2, 0.25) is 0 Å². The second-order valence-corrected chi connectivity index (χ2v) is 5.66. The fourth-order valence-corrected chi connectivity index (χ4v) is 2.91. The molecule has 2 nitrogen and oxygen atoms in total. The van der Waals surface area contributed by atoms with Gasteiger partial charge in [-0.05, 0) is 55.1 Å². The molecule has 1 fully saturated rings. The first-order valence-corrected chi connectivity index (χ1v) is 7.16. The van der Waals surface area contributed by atoms with Gasteiger partial charge in [0.2, 0.25) is 0 Å². The molecule has 0 amide bonds. The first-order valence-electron chi connectivity index (χ1n) is 7.16. The number of hydrogen-bond acceptors (Lipinski definition) is 2. The molecule has 0 aromatic heterocycles. The van der Waals surface area contributed by atoms with Crippen molar-refractivity contribution < 1.29 is 5.11 Å². The number of piperidine rings is 1. The smallest absolute Gasteiger partial charge is 0.0675 e. The fraction of sp³-hybridized carbons (Fsp3) is 0.412. The Morgan fingerprint density at radius 3 is 2.53 bits per heavy atom. The molecule has 0 spiro atoms. The zero-order valence-corrected chi connectivity index (χ0v) is 11.2. The van der Waals surface area contributed by atoms with Gasteiger partial charge in [-0.25, -0.2) is 0 Å². The summed E-state index contributed by atoms with van der Waals surface area (Å²) in [7, 11) is 0. The highest BCUT2D eigenvalue weighted by Gasteiger charge is 2.28. The molecule has 2 heteroatoms. The van der Waals surface area contributed by atoms with E-state index in [1.54, 1.807) is 0 Å². The minimum Gasteiger partial charge on any atom is -0.390 e. The first kappa shape index (κ1) is 12.6. The second-order valence-electron chi connectivity index (χ2n) is 5.66. The molecule has 1 saturated heterocycles. The van der Waals surface area contributed by atoms with Crippen LogP contribution >= 0.6 is 0 Å². The monoisotopic (exact) mass is 255 g/mol. The number of fused-ring (bicyclic) bond motifs is 1. The number of rotatable bonds is 3. The number of benzene rings is 2. The summed E-state index contributed by atoms with van der Waals surface area (Å²) >= 11 is 0. The van der Waals surface area contributed by atoms with Gasteiger partial charge in [0.15, 0.2) is 0 Å². The molecule has 0 aliphatic carbocycles. The summed E-state index contributed by atoms with van der Waals surface area (Å²) < 4.78 is 0. The van der Waals surface area contributed by atoms with Gasteiger partial charge >= 0.3 is 0 Å². The van der Waals surface area contributed by atoms with Gasteiger partial charge in [0, 0.05) is 0 Å². The van der Waals surface area contributed by atoms with Crippen molar-refractivity contribution in [2.75, 3.05) is 13.1 Å². The highest BCUT2D eigenvalue weighted by molar-refractivity contribution is 5.82. The highest BCUT2D eigenvalue weighted by Crippen LogP contribution is 2.25. The van der Waals surface area contributed by atoms with E-state index < -0.39 is 5.60 Å². The van der Waals surface area contributed by atoms with Crippen molar-refractivity contribution in [1.82, 2.24) is 5.32 Å². The van der Waals surface area contributed by atoms with Crippen molar-refractivity contribution >= 4 is 10.8 Å². The van der Waals surface area contributed by atoms with Crippen LogP contribution in [0, 0.1) is 0 Å². The van der Waals surface area contributed by atoms with Crippen LogP contribution in [-0.4, -0.2) is 23.8 Å². The zero-order valence-electron chi connectivity index (χ0n) is 11.2. The molecule has 2 aromatic carbocycles. The molecule has 3 rings (SSSR count). The predicted molar refractivity (Wildman–Crippen MR) is 79.3 cm³/mol. The van der Waals surface area contributed by atoms with E-state index in [-0.39, 0.29) is 0 Å². The van der Waals surface area contributed by atoms with Crippen LogP contribution in [0.15, 0.2) is 42.5 Å². The molecule has 100 valence electrons. The lowest BCUT2D eigenvalue weighted by Gasteiger charge is -2.32. The van der Waals surface area contributed by atoms with Crippen LogP contribution in [-0.2, 0) is 6.42 Å². The largest absolute Gasteiger partial charge is 0.390 e. The molecule has 1 aliphatic rings. The quantitative estimate of drug-likeness (QED) is 0.884. The van der Waals surface area contributed by atoms with Crippen LogP contribution < -0.4 is 5.32 Å². The first-order chi connectivity index (χ1) is 9.25. The topological polar surface area (TPSA) is 32.3 Å². The average molecular weight is 255 g/mol. The minimum absolute atomic E-state index is 0.461. The normalized spacial score (nSPS) is 18.6. The molecule has 2 aromatic rings. The molecule has 0 atom stereocenters. The van der Waals surface area contributed by atoms with Gasteiger partial charge in [0.25, 0.3) is 0 Å². The Labute approximate surface area is 114 Å². The van der Waals surface area contributed by atoms with E-state index in [1.807, 2.05) is 0 Å². The van der Waals surface area contributed by atoms with Gasteiger partial charge in [0.1, 0.15) is 0 Å². The molecule has 0 bridgehead atoms. The van der Waals surface area contributed by atoms with Crippen LogP contribution in [0.25, 0.3) is 10.8 Å². The lowest BCUT2D eigenvalue weighted by molar-refractivity contribution is 0.00282. The number of nitrogens with one attached hydrogen (secondary N) is 1. The SMILES string of the molecule is OC1(CCc2ccc3ccccc3c2)CCNCC1. The lowest BCUT2D eigenvalue weighted by Crippen LogP contribution is -2.42. The van der Waals surface area contributed by atoms with E-state index in [2.05, 4.69) is 47.8 Å². The lowest BCUT2D eigenvalue weighted by atomic mass is 9.86. The molecule has 1 heterocycles. The maximum absolute atomic E-state index is 10.5. The number of hydrogen-bond donors (Lipinski definition) is 2. The maximum atomic E-state index is 10.5. The van der Waals surface area contributed by atoms with Crippen molar-refractivity contribution in [1.29, 1.82) is 0 Å². The van der Waals surface area contributed by atoms with Gasteiger partial charge in [-0.15, -0.1) is 0 Å². The molecule has 2 N–H and O–H groups in total. The van der Waals surface area contributed by atoms with Crippen molar-refractivity contribution in [2.24, 2.45) is 0 Å². The Bertz CT molecular complexity index is 558. The number of aliphatic hydroxyl groups is 1. The van der Waals surface area contributed by atoms with E-state index in [9.17, 15) is 5.11 Å². The van der Waals surface area contributed by atoms with Crippen LogP contribution in [0.1, 0.15) is 24.8 Å². The van der Waals surface area contributed by atoms with E-state index in [1.165, 1.54) is 16.3 Å². The predicted octanol–water partition coefficient (Wildman–Crippen LogP) is 2.89. The summed E-state index contributed by atoms with van der Waals surface area (Å²) in [6.45, 7) is 1.88. The second kappa shape index (κ2) is 5.32. The summed E-state index contributed by atoms with van der Waals surface area (Å²) in [5, 5.41) is 16.4. The fourth-order valence-electron chi connectivity index (χ4n) is 2.91. The molecule has 19 heavy (non-hydrogen) atoms. The Kier molecular flexibility index (Phi) is 3.54. The third-order valence-corrected chi connectivity index (χ3v) is 4.23. The standard InChI is InChI=1S/C17H21NO/c19-17(9-11-18-12-10-17)8-7-14-5-6-15-3-1-2-4-16(15)13-14/h1-6,13,18-19H,7-12H2. The van der Waals surface area contributed by atoms with Gasteiger partial charge in [-0.1, -0.05) is 42.5 Å². The van der Waals surface area contributed by atoms with E-state index >= 15 is 0 Å². The molecule has 1 aliphatic heterocycles. The van der Waals surface area contributed by atoms with Crippen molar-refractivity contribution in [3.8, 4) is 0 Å². The number of aryl methyl sites for hydroxylation is 1.